The van der Waals surface area contributed by atoms with Crippen molar-refractivity contribution in [3.8, 4) is 45.6 Å². The van der Waals surface area contributed by atoms with E-state index in [9.17, 15) is 14.0 Å². The Kier molecular flexibility index (Phi) is 9.29. The fourth-order valence-corrected chi connectivity index (χ4v) is 6.74. The molecule has 272 valence electrons. The summed E-state index contributed by atoms with van der Waals surface area (Å²) in [5.74, 6) is 1.25. The fraction of sp³-hybridized carbons (Fsp3) is 0.179. The lowest BCUT2D eigenvalue weighted by atomic mass is 10.0. The van der Waals surface area contributed by atoms with Crippen LogP contribution in [-0.2, 0) is 0 Å². The molecule has 0 aliphatic heterocycles. The van der Waals surface area contributed by atoms with Gasteiger partial charge in [-0.15, -0.1) is 4.68 Å². The van der Waals surface area contributed by atoms with Crippen LogP contribution in [0.2, 0.25) is 0 Å². The average molecular weight is 727 g/mol. The second-order valence-corrected chi connectivity index (χ2v) is 12.4. The summed E-state index contributed by atoms with van der Waals surface area (Å²) >= 11 is 0. The number of nitrogens with zero attached hydrogens (tertiary/aromatic N) is 10. The molecule has 15 heteroatoms. The van der Waals surface area contributed by atoms with Gasteiger partial charge < -0.3 is 9.47 Å². The molecule has 8 rings (SSSR count). The molecule has 1 aromatic carbocycles. The van der Waals surface area contributed by atoms with E-state index in [1.807, 2.05) is 39.8 Å². The zero-order valence-electron chi connectivity index (χ0n) is 30.6. The van der Waals surface area contributed by atoms with Crippen molar-refractivity contribution in [2.45, 2.75) is 34.6 Å². The highest BCUT2D eigenvalue weighted by Crippen LogP contribution is 2.35. The molecule has 8 aromatic rings. The maximum atomic E-state index is 14.7. The summed E-state index contributed by atoms with van der Waals surface area (Å²) in [5.41, 5.74) is 7.76. The van der Waals surface area contributed by atoms with Crippen LogP contribution in [0.5, 0.6) is 11.6 Å². The summed E-state index contributed by atoms with van der Waals surface area (Å²) < 4.78 is 30.5. The Morgan fingerprint density at radius 2 is 1.24 bits per heavy atom. The van der Waals surface area contributed by atoms with Crippen LogP contribution in [0.25, 0.3) is 45.1 Å². The number of hydrogen-bond acceptors (Lipinski definition) is 10. The van der Waals surface area contributed by atoms with Gasteiger partial charge in [0.1, 0.15) is 11.6 Å². The van der Waals surface area contributed by atoms with Crippen LogP contribution in [0.15, 0.2) is 95.2 Å². The number of aromatic nitrogens is 10. The van der Waals surface area contributed by atoms with Crippen molar-refractivity contribution < 1.29 is 13.9 Å². The van der Waals surface area contributed by atoms with Crippen LogP contribution in [0.4, 0.5) is 4.39 Å². The first kappa shape index (κ1) is 35.4. The van der Waals surface area contributed by atoms with Gasteiger partial charge in [0.25, 0.3) is 5.95 Å². The number of pyridine rings is 2. The predicted octanol–water partition coefficient (Wildman–Crippen LogP) is 5.58. The third-order valence-electron chi connectivity index (χ3n) is 9.32. The zero-order valence-corrected chi connectivity index (χ0v) is 30.6. The number of methoxy groups -OCH3 is 2. The molecule has 7 heterocycles. The van der Waals surface area contributed by atoms with Gasteiger partial charge >= 0.3 is 11.4 Å². The molecule has 0 radical (unpaired) electrons. The van der Waals surface area contributed by atoms with Crippen LogP contribution in [0.3, 0.4) is 0 Å². The first-order chi connectivity index (χ1) is 26.0. The Bertz CT molecular complexity index is 2620. The third-order valence-corrected chi connectivity index (χ3v) is 9.32. The van der Waals surface area contributed by atoms with Gasteiger partial charge in [-0.25, -0.2) is 33.9 Å². The Morgan fingerprint density at radius 1 is 0.648 bits per heavy atom. The highest BCUT2D eigenvalue weighted by Gasteiger charge is 2.22. The van der Waals surface area contributed by atoms with Gasteiger partial charge in [-0.05, 0) is 82.1 Å². The molecule has 0 spiro atoms. The lowest BCUT2D eigenvalue weighted by molar-refractivity contribution is 0.397. The van der Waals surface area contributed by atoms with Gasteiger partial charge in [-0.2, -0.15) is 14.9 Å². The van der Waals surface area contributed by atoms with Crippen molar-refractivity contribution in [1.82, 2.24) is 48.3 Å². The van der Waals surface area contributed by atoms with Gasteiger partial charge in [0, 0.05) is 70.1 Å². The van der Waals surface area contributed by atoms with E-state index in [2.05, 4.69) is 30.1 Å². The van der Waals surface area contributed by atoms with E-state index in [4.69, 9.17) is 9.47 Å². The SMILES string of the molecule is COc1ccc(-c2c(C)c3cnn(-c4ccccn4)c(=O)n3c2C)c(F)c1.COc1ccc(-c2c(C)c3cnn(-c4ncccn4)c(=O)n3c2C)c(C)n1. The largest absolute Gasteiger partial charge is 0.497 e. The summed E-state index contributed by atoms with van der Waals surface area (Å²) in [6.45, 7) is 9.46. The maximum absolute atomic E-state index is 14.7. The number of fused-ring (bicyclic) bond motifs is 2. The molecular weight excluding hydrogens is 691 g/mol. The van der Waals surface area contributed by atoms with E-state index < -0.39 is 5.82 Å². The molecule has 0 atom stereocenters. The Hall–Kier alpha value is -7.03. The second kappa shape index (κ2) is 14.2. The molecule has 0 saturated heterocycles. The van der Waals surface area contributed by atoms with Gasteiger partial charge in [-0.3, -0.25) is 8.80 Å². The van der Waals surface area contributed by atoms with Crippen LogP contribution >= 0.6 is 0 Å². The highest BCUT2D eigenvalue weighted by atomic mass is 19.1. The second-order valence-electron chi connectivity index (χ2n) is 12.4. The van der Waals surface area contributed by atoms with Crippen molar-refractivity contribution in [2.75, 3.05) is 14.2 Å². The summed E-state index contributed by atoms with van der Waals surface area (Å²) in [6.07, 6.45) is 8.01. The minimum absolute atomic E-state index is 0.235. The highest BCUT2D eigenvalue weighted by molar-refractivity contribution is 5.81. The molecular formula is C39H35FN10O4. The Morgan fingerprint density at radius 3 is 1.81 bits per heavy atom. The minimum Gasteiger partial charge on any atom is -0.497 e. The molecule has 0 aliphatic carbocycles. The minimum atomic E-state index is -0.408. The molecule has 0 saturated carbocycles. The van der Waals surface area contributed by atoms with E-state index >= 15 is 0 Å². The van der Waals surface area contributed by atoms with E-state index in [-0.39, 0.29) is 17.3 Å². The number of hydrogen-bond donors (Lipinski definition) is 0. The lowest BCUT2D eigenvalue weighted by Gasteiger charge is -2.08. The Labute approximate surface area is 307 Å². The first-order valence-electron chi connectivity index (χ1n) is 16.8. The van der Waals surface area contributed by atoms with E-state index in [1.165, 1.54) is 26.9 Å². The summed E-state index contributed by atoms with van der Waals surface area (Å²) in [7, 11) is 3.08. The molecule has 7 aromatic heterocycles. The third kappa shape index (κ3) is 5.94. The van der Waals surface area contributed by atoms with Crippen LogP contribution in [-0.4, -0.2) is 62.5 Å². The number of ether oxygens (including phenoxy) is 2. The number of rotatable bonds is 6. The van der Waals surface area contributed by atoms with Gasteiger partial charge in [0.15, 0.2) is 5.82 Å². The maximum Gasteiger partial charge on any atom is 0.356 e. The van der Waals surface area contributed by atoms with Crippen molar-refractivity contribution >= 4 is 11.0 Å². The molecule has 0 fully saturated rings. The Balaban J connectivity index is 0.000000167. The number of halogens is 1. The standard InChI is InChI=1S/C20H17FN4O2.C19H18N6O2/c1-12-17-11-23-25(18-6-4-5-9-22-18)20(26)24(17)13(2)19(12)15-8-7-14(27-3)10-16(15)21;1-11-15-10-22-25(18-20-8-5-9-21-18)19(26)24(15)13(3)17(11)14-6-7-16(27-4)23-12(14)2/h4-11H,1-3H3;5-10H,1-4H3. The van der Waals surface area contributed by atoms with Crippen molar-refractivity contribution in [3.63, 3.8) is 0 Å². The van der Waals surface area contributed by atoms with Gasteiger partial charge in [0.05, 0.1) is 37.6 Å². The number of aryl methyl sites for hydroxylation is 5. The summed E-state index contributed by atoms with van der Waals surface area (Å²) in [6, 6.07) is 15.4. The zero-order chi connectivity index (χ0) is 38.3. The van der Waals surface area contributed by atoms with Crippen molar-refractivity contribution in [3.05, 3.63) is 141 Å². The molecule has 0 unspecified atom stereocenters. The van der Waals surface area contributed by atoms with Crippen LogP contribution in [0.1, 0.15) is 28.2 Å². The van der Waals surface area contributed by atoms with Crippen LogP contribution in [0, 0.1) is 40.4 Å². The molecule has 0 aliphatic rings. The van der Waals surface area contributed by atoms with E-state index in [0.717, 1.165) is 39.2 Å². The summed E-state index contributed by atoms with van der Waals surface area (Å²) in [4.78, 5) is 43.0. The molecule has 14 nitrogen and oxygen atoms in total. The van der Waals surface area contributed by atoms with Gasteiger partial charge in [0.2, 0.25) is 5.88 Å². The molecule has 0 N–H and O–H groups in total. The quantitative estimate of drug-likeness (QED) is 0.213. The topological polar surface area (TPSA) is 149 Å². The van der Waals surface area contributed by atoms with E-state index in [1.54, 1.807) is 85.8 Å². The summed E-state index contributed by atoms with van der Waals surface area (Å²) in [5, 5.41) is 8.50. The lowest BCUT2D eigenvalue weighted by Crippen LogP contribution is -2.29. The molecule has 0 amide bonds. The molecule has 0 bridgehead atoms. The fourth-order valence-electron chi connectivity index (χ4n) is 6.74. The monoisotopic (exact) mass is 726 g/mol. The van der Waals surface area contributed by atoms with E-state index in [0.29, 0.717) is 39.8 Å². The van der Waals surface area contributed by atoms with Gasteiger partial charge in [-0.1, -0.05) is 6.07 Å². The van der Waals surface area contributed by atoms with Crippen molar-refractivity contribution in [1.29, 1.82) is 0 Å². The molecule has 54 heavy (non-hydrogen) atoms. The van der Waals surface area contributed by atoms with Crippen molar-refractivity contribution in [2.24, 2.45) is 0 Å². The first-order valence-corrected chi connectivity index (χ1v) is 16.8. The normalized spacial score (nSPS) is 11.1. The predicted molar refractivity (Wildman–Crippen MR) is 200 cm³/mol. The number of benzene rings is 1. The smallest absolute Gasteiger partial charge is 0.356 e. The average Bonchev–Trinajstić information content (AvgIpc) is 3.60. The van der Waals surface area contributed by atoms with Crippen LogP contribution < -0.4 is 20.9 Å².